The molecular formula is C22H25N3O5S3. The standard InChI is InChI=1S/C22H25N3O5S3/c1-24-19-12-11-18(32(2,27)28)15-20(19)31-22(24)23-21(26)16-7-9-17(10-8-16)33(29,30)25-13-5-3-4-6-14-25/h7-12,15H,3-6,13-14H2,1-2H3. The highest BCUT2D eigenvalue weighted by Crippen LogP contribution is 2.22. The van der Waals surface area contributed by atoms with Crippen LogP contribution in [0.5, 0.6) is 0 Å². The van der Waals surface area contributed by atoms with Crippen LogP contribution < -0.4 is 4.80 Å². The van der Waals surface area contributed by atoms with E-state index >= 15 is 0 Å². The minimum Gasteiger partial charge on any atom is -0.319 e. The molecule has 176 valence electrons. The Morgan fingerprint density at radius 1 is 0.909 bits per heavy atom. The highest BCUT2D eigenvalue weighted by Gasteiger charge is 2.25. The van der Waals surface area contributed by atoms with Gasteiger partial charge in [0, 0.05) is 32.0 Å². The van der Waals surface area contributed by atoms with Crippen LogP contribution in [0.4, 0.5) is 0 Å². The number of thiazole rings is 1. The lowest BCUT2D eigenvalue weighted by molar-refractivity contribution is 0.0998. The highest BCUT2D eigenvalue weighted by molar-refractivity contribution is 7.90. The molecule has 0 aliphatic carbocycles. The molecule has 0 unspecified atom stereocenters. The molecule has 2 heterocycles. The van der Waals surface area contributed by atoms with Crippen LogP contribution >= 0.6 is 11.3 Å². The maximum atomic E-state index is 12.9. The summed E-state index contributed by atoms with van der Waals surface area (Å²) in [6, 6.07) is 10.6. The molecule has 1 saturated heterocycles. The van der Waals surface area contributed by atoms with Crippen LogP contribution in [0, 0.1) is 0 Å². The Morgan fingerprint density at radius 2 is 1.52 bits per heavy atom. The fraction of sp³-hybridized carbons (Fsp3) is 0.364. The van der Waals surface area contributed by atoms with Gasteiger partial charge in [-0.15, -0.1) is 0 Å². The Bertz CT molecular complexity index is 1480. The topological polar surface area (TPSA) is 106 Å². The zero-order valence-corrected chi connectivity index (χ0v) is 20.8. The van der Waals surface area contributed by atoms with Gasteiger partial charge in [0.2, 0.25) is 10.0 Å². The number of benzene rings is 2. The fourth-order valence-corrected chi connectivity index (χ4v) is 7.10. The number of aryl methyl sites for hydroxylation is 1. The SMILES string of the molecule is Cn1c(=NC(=O)c2ccc(S(=O)(=O)N3CCCCCC3)cc2)sc2cc(S(C)(=O)=O)ccc21. The van der Waals surface area contributed by atoms with E-state index in [2.05, 4.69) is 4.99 Å². The van der Waals surface area contributed by atoms with Crippen molar-refractivity contribution in [2.45, 2.75) is 35.5 Å². The van der Waals surface area contributed by atoms with Crippen molar-refractivity contribution in [1.82, 2.24) is 8.87 Å². The van der Waals surface area contributed by atoms with Gasteiger partial charge in [-0.3, -0.25) is 4.79 Å². The molecule has 2 aromatic carbocycles. The number of carbonyl (C=O) groups is 1. The maximum absolute atomic E-state index is 12.9. The van der Waals surface area contributed by atoms with Crippen LogP contribution in [0.15, 0.2) is 57.2 Å². The summed E-state index contributed by atoms with van der Waals surface area (Å²) in [7, 11) is -5.18. The van der Waals surface area contributed by atoms with Crippen molar-refractivity contribution >= 4 is 47.3 Å². The quantitative estimate of drug-likeness (QED) is 0.540. The van der Waals surface area contributed by atoms with Crippen LogP contribution in [0.2, 0.25) is 0 Å². The normalized spacial score (nSPS) is 16.7. The van der Waals surface area contributed by atoms with Crippen molar-refractivity contribution in [3.8, 4) is 0 Å². The molecule has 0 spiro atoms. The van der Waals surface area contributed by atoms with Gasteiger partial charge in [0.1, 0.15) is 0 Å². The Hall–Kier alpha value is -2.34. The van der Waals surface area contributed by atoms with Gasteiger partial charge in [-0.1, -0.05) is 24.2 Å². The van der Waals surface area contributed by atoms with Crippen molar-refractivity contribution in [3.63, 3.8) is 0 Å². The van der Waals surface area contributed by atoms with Crippen LogP contribution in [-0.2, 0) is 26.9 Å². The minimum absolute atomic E-state index is 0.168. The van der Waals surface area contributed by atoms with Crippen molar-refractivity contribution in [1.29, 1.82) is 0 Å². The highest BCUT2D eigenvalue weighted by atomic mass is 32.2. The van der Waals surface area contributed by atoms with Gasteiger partial charge in [0.25, 0.3) is 5.91 Å². The number of fused-ring (bicyclic) bond motifs is 1. The van der Waals surface area contributed by atoms with Gasteiger partial charge in [0.15, 0.2) is 14.6 Å². The van der Waals surface area contributed by atoms with E-state index in [1.165, 1.54) is 46.0 Å². The number of nitrogens with zero attached hydrogens (tertiary/aromatic N) is 3. The summed E-state index contributed by atoms with van der Waals surface area (Å²) in [6.07, 6.45) is 4.92. The van der Waals surface area contributed by atoms with Crippen LogP contribution in [0.3, 0.4) is 0 Å². The third-order valence-electron chi connectivity index (χ3n) is 5.71. The molecule has 4 rings (SSSR count). The van der Waals surface area contributed by atoms with E-state index in [1.807, 2.05) is 0 Å². The Labute approximate surface area is 197 Å². The summed E-state index contributed by atoms with van der Waals surface area (Å²) in [5, 5.41) is 0. The molecule has 1 aliphatic heterocycles. The molecule has 3 aromatic rings. The number of hydrogen-bond acceptors (Lipinski definition) is 6. The lowest BCUT2D eigenvalue weighted by Gasteiger charge is -2.19. The van der Waals surface area contributed by atoms with Gasteiger partial charge >= 0.3 is 0 Å². The Kier molecular flexibility index (Phi) is 6.59. The third-order valence-corrected chi connectivity index (χ3v) is 9.83. The molecule has 1 aromatic heterocycles. The van der Waals surface area contributed by atoms with E-state index in [-0.39, 0.29) is 15.4 Å². The number of carbonyl (C=O) groups excluding carboxylic acids is 1. The van der Waals surface area contributed by atoms with E-state index in [0.717, 1.165) is 37.5 Å². The summed E-state index contributed by atoms with van der Waals surface area (Å²) in [4.78, 5) is 17.7. The molecule has 0 atom stereocenters. The predicted octanol–water partition coefficient (Wildman–Crippen LogP) is 2.95. The zero-order chi connectivity index (χ0) is 23.8. The molecule has 0 N–H and O–H groups in total. The van der Waals surface area contributed by atoms with Crippen LogP contribution in [0.25, 0.3) is 10.2 Å². The lowest BCUT2D eigenvalue weighted by Crippen LogP contribution is -2.31. The predicted molar refractivity (Wildman–Crippen MR) is 127 cm³/mol. The minimum atomic E-state index is -3.59. The second-order valence-electron chi connectivity index (χ2n) is 8.10. The maximum Gasteiger partial charge on any atom is 0.279 e. The monoisotopic (exact) mass is 507 g/mol. The molecule has 0 radical (unpaired) electrons. The van der Waals surface area contributed by atoms with E-state index in [4.69, 9.17) is 0 Å². The largest absolute Gasteiger partial charge is 0.319 e. The second kappa shape index (κ2) is 9.13. The van der Waals surface area contributed by atoms with Crippen LogP contribution in [0.1, 0.15) is 36.0 Å². The molecule has 1 fully saturated rings. The van der Waals surface area contributed by atoms with Crippen molar-refractivity contribution < 1.29 is 21.6 Å². The first-order chi connectivity index (χ1) is 15.6. The summed E-state index contributed by atoms with van der Waals surface area (Å²) >= 11 is 1.21. The fourth-order valence-electron chi connectivity index (χ4n) is 3.80. The van der Waals surface area contributed by atoms with Gasteiger partial charge < -0.3 is 4.57 Å². The molecule has 0 saturated carbocycles. The molecule has 8 nitrogen and oxygen atoms in total. The first kappa shape index (κ1) is 23.8. The number of sulfone groups is 1. The smallest absolute Gasteiger partial charge is 0.279 e. The molecular weight excluding hydrogens is 482 g/mol. The lowest BCUT2D eigenvalue weighted by atomic mass is 10.2. The summed E-state index contributed by atoms with van der Waals surface area (Å²) in [5.74, 6) is -0.501. The number of rotatable bonds is 4. The van der Waals surface area contributed by atoms with Crippen molar-refractivity contribution in [2.24, 2.45) is 12.0 Å². The molecule has 11 heteroatoms. The summed E-state index contributed by atoms with van der Waals surface area (Å²) < 4.78 is 53.4. The van der Waals surface area contributed by atoms with Gasteiger partial charge in [-0.25, -0.2) is 16.8 Å². The van der Waals surface area contributed by atoms with Crippen molar-refractivity contribution in [2.75, 3.05) is 19.3 Å². The van der Waals surface area contributed by atoms with E-state index in [9.17, 15) is 21.6 Å². The Balaban J connectivity index is 1.62. The van der Waals surface area contributed by atoms with E-state index in [0.29, 0.717) is 22.6 Å². The van der Waals surface area contributed by atoms with Gasteiger partial charge in [-0.2, -0.15) is 9.30 Å². The average molecular weight is 508 g/mol. The number of aromatic nitrogens is 1. The summed E-state index contributed by atoms with van der Waals surface area (Å²) in [5.41, 5.74) is 1.04. The molecule has 0 bridgehead atoms. The third kappa shape index (κ3) is 4.96. The first-order valence-electron chi connectivity index (χ1n) is 10.6. The van der Waals surface area contributed by atoms with Gasteiger partial charge in [-0.05, 0) is 55.3 Å². The number of sulfonamides is 1. The first-order valence-corrected chi connectivity index (χ1v) is 14.7. The average Bonchev–Trinajstić information content (AvgIpc) is 2.95. The number of hydrogen-bond donors (Lipinski definition) is 0. The molecule has 1 amide bonds. The van der Waals surface area contributed by atoms with Gasteiger partial charge in [0.05, 0.1) is 20.0 Å². The van der Waals surface area contributed by atoms with E-state index in [1.54, 1.807) is 23.7 Å². The second-order valence-corrected chi connectivity index (χ2v) is 13.1. The molecule has 1 aliphatic rings. The van der Waals surface area contributed by atoms with Crippen LogP contribution in [-0.4, -0.2) is 51.0 Å². The molecule has 33 heavy (non-hydrogen) atoms. The Morgan fingerprint density at radius 3 is 2.12 bits per heavy atom. The van der Waals surface area contributed by atoms with E-state index < -0.39 is 25.8 Å². The number of amides is 1. The van der Waals surface area contributed by atoms with Crippen molar-refractivity contribution in [3.05, 3.63) is 52.8 Å². The summed E-state index contributed by atoms with van der Waals surface area (Å²) in [6.45, 7) is 1.03. The zero-order valence-electron chi connectivity index (χ0n) is 18.4.